The number of aliphatic carboxylic acids is 1. The molecular weight excluding hydrogens is 274 g/mol. The molecule has 0 aromatic carbocycles. The van der Waals surface area contributed by atoms with E-state index in [1.165, 1.54) is 4.90 Å². The number of hydrogen-bond donors (Lipinski definition) is 1. The van der Waals surface area contributed by atoms with Crippen LogP contribution in [-0.2, 0) is 4.79 Å². The Labute approximate surface area is 116 Å². The van der Waals surface area contributed by atoms with Gasteiger partial charge in [-0.1, -0.05) is 24.6 Å². The smallest absolute Gasteiger partial charge is 0.315 e. The van der Waals surface area contributed by atoms with E-state index < -0.39 is 11.4 Å². The summed E-state index contributed by atoms with van der Waals surface area (Å²) in [5.41, 5.74) is -1.16. The van der Waals surface area contributed by atoms with E-state index in [2.05, 4.69) is 0 Å². The molecule has 0 bridgehead atoms. The van der Waals surface area contributed by atoms with Gasteiger partial charge < -0.3 is 10.0 Å². The number of nitrogens with zero attached hydrogens (tertiary/aromatic N) is 1. The summed E-state index contributed by atoms with van der Waals surface area (Å²) in [6.45, 7) is 3.39. The highest BCUT2D eigenvalue weighted by Crippen LogP contribution is 2.48. The van der Waals surface area contributed by atoms with Crippen LogP contribution < -0.4 is 0 Å². The Balaban J connectivity index is 3.20. The van der Waals surface area contributed by atoms with E-state index in [9.17, 15) is 14.7 Å². The van der Waals surface area contributed by atoms with E-state index in [0.29, 0.717) is 9.94 Å². The number of hydrogen-bond acceptors (Lipinski definition) is 3. The number of thioether (sulfide) groups is 1. The third-order valence-electron chi connectivity index (χ3n) is 3.13. The molecule has 0 spiro atoms. The normalized spacial score (nSPS) is 27.3. The lowest BCUT2D eigenvalue weighted by atomic mass is 9.75. The minimum atomic E-state index is -1.16. The molecule has 0 aromatic heterocycles. The number of amides is 1. The lowest BCUT2D eigenvalue weighted by Crippen LogP contribution is -2.37. The number of rotatable bonds is 2. The molecule has 2 unspecified atom stereocenters. The van der Waals surface area contributed by atoms with Crippen molar-refractivity contribution in [1.29, 1.82) is 0 Å². The van der Waals surface area contributed by atoms with Gasteiger partial charge in [0.05, 0.1) is 5.03 Å². The second kappa shape index (κ2) is 5.36. The summed E-state index contributed by atoms with van der Waals surface area (Å²) < 4.78 is 0. The van der Waals surface area contributed by atoms with Crippen LogP contribution in [-0.4, -0.2) is 35.3 Å². The number of carbonyl (C=O) groups excluding carboxylic acids is 1. The summed E-state index contributed by atoms with van der Waals surface area (Å²) in [6, 6.07) is 0. The van der Waals surface area contributed by atoms with Crippen LogP contribution in [0.1, 0.15) is 13.8 Å². The molecule has 100 valence electrons. The second-order valence-corrected chi connectivity index (χ2v) is 5.96. The Morgan fingerprint density at radius 1 is 1.50 bits per heavy atom. The van der Waals surface area contributed by atoms with E-state index in [-0.39, 0.29) is 11.2 Å². The van der Waals surface area contributed by atoms with Crippen molar-refractivity contribution in [3.8, 4) is 0 Å². The maximum Gasteiger partial charge on any atom is 0.315 e. The Kier molecular flexibility index (Phi) is 4.50. The molecule has 0 fully saturated rings. The largest absolute Gasteiger partial charge is 0.481 e. The molecule has 1 aliphatic rings. The topological polar surface area (TPSA) is 57.6 Å². The van der Waals surface area contributed by atoms with Gasteiger partial charge in [0, 0.05) is 19.0 Å². The van der Waals surface area contributed by atoms with Gasteiger partial charge >= 0.3 is 5.97 Å². The second-order valence-electron chi connectivity index (χ2n) is 4.59. The van der Waals surface area contributed by atoms with Crippen molar-refractivity contribution in [1.82, 2.24) is 4.90 Å². The summed E-state index contributed by atoms with van der Waals surface area (Å²) >= 11 is 6.94. The third kappa shape index (κ3) is 2.57. The molecule has 4 nitrogen and oxygen atoms in total. The van der Waals surface area contributed by atoms with Crippen LogP contribution in [0.4, 0.5) is 4.79 Å². The molecule has 1 N–H and O–H groups in total. The number of carboxylic acid groups (broad SMARTS) is 1. The van der Waals surface area contributed by atoms with E-state index in [0.717, 1.165) is 11.8 Å². The fraction of sp³-hybridized carbons (Fsp3) is 0.500. The highest BCUT2D eigenvalue weighted by Gasteiger charge is 2.45. The van der Waals surface area contributed by atoms with Gasteiger partial charge in [-0.15, -0.1) is 0 Å². The predicted molar refractivity (Wildman–Crippen MR) is 73.6 cm³/mol. The number of allylic oxidation sites excluding steroid dienone is 3. The molecule has 0 aromatic rings. The van der Waals surface area contributed by atoms with Crippen molar-refractivity contribution < 1.29 is 14.7 Å². The van der Waals surface area contributed by atoms with Crippen molar-refractivity contribution in [3.63, 3.8) is 0 Å². The van der Waals surface area contributed by atoms with Crippen LogP contribution in [0.15, 0.2) is 22.1 Å². The number of halogens is 1. The average Bonchev–Trinajstić information content (AvgIpc) is 2.28. The summed E-state index contributed by atoms with van der Waals surface area (Å²) in [5.74, 6) is -1.21. The van der Waals surface area contributed by atoms with Crippen LogP contribution in [0.2, 0.25) is 0 Å². The zero-order valence-electron chi connectivity index (χ0n) is 10.7. The van der Waals surface area contributed by atoms with Gasteiger partial charge in [0.2, 0.25) is 0 Å². The first-order valence-electron chi connectivity index (χ1n) is 5.42. The van der Waals surface area contributed by atoms with Crippen molar-refractivity contribution in [2.75, 3.05) is 14.1 Å². The SMILES string of the molecule is CC1C=CC(Cl)=C(SC(=O)N(C)C)C1(C)C(=O)O. The fourth-order valence-corrected chi connectivity index (χ4v) is 2.97. The van der Waals surface area contributed by atoms with Gasteiger partial charge in [-0.05, 0) is 30.7 Å². The first-order valence-corrected chi connectivity index (χ1v) is 6.61. The summed E-state index contributed by atoms with van der Waals surface area (Å²) in [7, 11) is 3.23. The Bertz CT molecular complexity index is 445. The monoisotopic (exact) mass is 289 g/mol. The van der Waals surface area contributed by atoms with Gasteiger partial charge in [0.1, 0.15) is 5.41 Å². The maximum absolute atomic E-state index is 11.8. The van der Waals surface area contributed by atoms with Gasteiger partial charge in [0.15, 0.2) is 0 Å². The molecule has 1 rings (SSSR count). The first kappa shape index (κ1) is 15.1. The molecule has 1 aliphatic carbocycles. The van der Waals surface area contributed by atoms with Crippen molar-refractivity contribution in [2.45, 2.75) is 13.8 Å². The van der Waals surface area contributed by atoms with E-state index in [1.807, 2.05) is 0 Å². The molecule has 6 heteroatoms. The molecule has 0 heterocycles. The Morgan fingerprint density at radius 2 is 2.06 bits per heavy atom. The molecule has 0 radical (unpaired) electrons. The van der Waals surface area contributed by atoms with Crippen LogP contribution >= 0.6 is 23.4 Å². The fourth-order valence-electron chi connectivity index (χ4n) is 1.58. The number of carbonyl (C=O) groups is 2. The minimum absolute atomic E-state index is 0.227. The van der Waals surface area contributed by atoms with Gasteiger partial charge in [-0.2, -0.15) is 0 Å². The molecule has 18 heavy (non-hydrogen) atoms. The third-order valence-corrected chi connectivity index (χ3v) is 4.94. The van der Waals surface area contributed by atoms with E-state index in [1.54, 1.807) is 40.1 Å². The summed E-state index contributed by atoms with van der Waals surface area (Å²) in [5, 5.41) is 9.52. The summed E-state index contributed by atoms with van der Waals surface area (Å²) in [4.78, 5) is 25.1. The Hall–Kier alpha value is -0.940. The first-order chi connectivity index (χ1) is 8.21. The highest BCUT2D eigenvalue weighted by atomic mass is 35.5. The van der Waals surface area contributed by atoms with E-state index >= 15 is 0 Å². The van der Waals surface area contributed by atoms with Crippen molar-refractivity contribution in [3.05, 3.63) is 22.1 Å². The predicted octanol–water partition coefficient (Wildman–Crippen LogP) is 3.15. The summed E-state index contributed by atoms with van der Waals surface area (Å²) in [6.07, 6.45) is 3.41. The average molecular weight is 290 g/mol. The number of carboxylic acids is 1. The quantitative estimate of drug-likeness (QED) is 0.848. The van der Waals surface area contributed by atoms with Crippen molar-refractivity contribution >= 4 is 34.6 Å². The lowest BCUT2D eigenvalue weighted by molar-refractivity contribution is -0.147. The van der Waals surface area contributed by atoms with Crippen molar-refractivity contribution in [2.24, 2.45) is 11.3 Å². The standard InChI is InChI=1S/C12H16ClNO3S/c1-7-5-6-8(13)9(12(7,2)10(15)16)18-11(17)14(3)4/h5-7H,1-4H3,(H,15,16). The minimum Gasteiger partial charge on any atom is -0.481 e. The molecule has 0 saturated carbocycles. The highest BCUT2D eigenvalue weighted by molar-refractivity contribution is 8.16. The van der Waals surface area contributed by atoms with Crippen LogP contribution in [0.3, 0.4) is 0 Å². The van der Waals surface area contributed by atoms with E-state index in [4.69, 9.17) is 11.6 Å². The molecule has 1 amide bonds. The van der Waals surface area contributed by atoms with Crippen LogP contribution in [0.25, 0.3) is 0 Å². The molecule has 2 atom stereocenters. The zero-order valence-corrected chi connectivity index (χ0v) is 12.3. The van der Waals surface area contributed by atoms with Gasteiger partial charge in [-0.3, -0.25) is 9.59 Å². The molecule has 0 aliphatic heterocycles. The lowest BCUT2D eigenvalue weighted by Gasteiger charge is -2.34. The van der Waals surface area contributed by atoms with Gasteiger partial charge in [0.25, 0.3) is 5.24 Å². The Morgan fingerprint density at radius 3 is 2.50 bits per heavy atom. The van der Waals surface area contributed by atoms with Gasteiger partial charge in [-0.25, -0.2) is 0 Å². The molecular formula is C12H16ClNO3S. The molecule has 0 saturated heterocycles. The maximum atomic E-state index is 11.8. The van der Waals surface area contributed by atoms with Crippen LogP contribution in [0.5, 0.6) is 0 Å². The van der Waals surface area contributed by atoms with Crippen LogP contribution in [0, 0.1) is 11.3 Å². The zero-order chi connectivity index (χ0) is 14.1.